The summed E-state index contributed by atoms with van der Waals surface area (Å²) in [7, 11) is 0. The van der Waals surface area contributed by atoms with Crippen LogP contribution in [0, 0.1) is 6.92 Å². The van der Waals surface area contributed by atoms with Gasteiger partial charge in [0.25, 0.3) is 5.91 Å². The van der Waals surface area contributed by atoms with Crippen LogP contribution in [-0.4, -0.2) is 39.8 Å². The van der Waals surface area contributed by atoms with E-state index in [1.807, 2.05) is 41.8 Å². The molecular weight excluding hydrogens is 316 g/mol. The molecule has 1 N–H and O–H groups in total. The zero-order valence-corrected chi connectivity index (χ0v) is 14.3. The lowest BCUT2D eigenvalue weighted by molar-refractivity contribution is 0.0929. The Balaban J connectivity index is 1.48. The lowest BCUT2D eigenvalue weighted by Crippen LogP contribution is -2.36. The molecule has 0 spiro atoms. The Kier molecular flexibility index (Phi) is 4.28. The Labute approximate surface area is 146 Å². The first-order valence-electron chi connectivity index (χ1n) is 8.72. The number of pyridine rings is 1. The molecule has 0 aromatic carbocycles. The van der Waals surface area contributed by atoms with E-state index in [2.05, 4.69) is 15.2 Å². The van der Waals surface area contributed by atoms with Gasteiger partial charge in [0.15, 0.2) is 0 Å². The van der Waals surface area contributed by atoms with Crippen molar-refractivity contribution in [1.29, 1.82) is 0 Å². The van der Waals surface area contributed by atoms with Crippen molar-refractivity contribution in [2.24, 2.45) is 0 Å². The van der Waals surface area contributed by atoms with Crippen molar-refractivity contribution in [2.75, 3.05) is 19.6 Å². The molecule has 1 amide bonds. The van der Waals surface area contributed by atoms with Crippen LogP contribution in [0.4, 0.5) is 0 Å². The standard InChI is InChI=1S/C19H22N4O2/c1-14-6-9-23-13-15(21-18(23)11-14)19(24)20-12-16(17-5-4-10-25-17)22-7-2-3-8-22/h4-6,9-11,13,16H,2-3,7-8,12H2,1H3,(H,20,24)/t16-/m0/s1. The molecule has 3 aromatic heterocycles. The monoisotopic (exact) mass is 338 g/mol. The van der Waals surface area contributed by atoms with Crippen molar-refractivity contribution in [3.63, 3.8) is 0 Å². The summed E-state index contributed by atoms with van der Waals surface area (Å²) in [5, 5.41) is 3.02. The van der Waals surface area contributed by atoms with E-state index in [0.717, 1.165) is 30.1 Å². The maximum absolute atomic E-state index is 12.6. The van der Waals surface area contributed by atoms with Crippen molar-refractivity contribution < 1.29 is 9.21 Å². The zero-order valence-electron chi connectivity index (χ0n) is 14.3. The number of hydrogen-bond acceptors (Lipinski definition) is 4. The molecule has 0 bridgehead atoms. The molecule has 3 aromatic rings. The summed E-state index contributed by atoms with van der Waals surface area (Å²) in [6.07, 6.45) is 7.75. The second-order valence-corrected chi connectivity index (χ2v) is 6.58. The molecule has 6 heteroatoms. The number of hydrogen-bond donors (Lipinski definition) is 1. The number of imidazole rings is 1. The first kappa shape index (κ1) is 15.9. The van der Waals surface area contributed by atoms with E-state index in [0.29, 0.717) is 12.2 Å². The van der Waals surface area contributed by atoms with Gasteiger partial charge in [0, 0.05) is 18.9 Å². The summed E-state index contributed by atoms with van der Waals surface area (Å²) >= 11 is 0. The van der Waals surface area contributed by atoms with Crippen LogP contribution in [0.15, 0.2) is 47.3 Å². The average molecular weight is 338 g/mol. The summed E-state index contributed by atoms with van der Waals surface area (Å²) in [5.41, 5.74) is 2.34. The van der Waals surface area contributed by atoms with Gasteiger partial charge in [0.2, 0.25) is 0 Å². The van der Waals surface area contributed by atoms with Gasteiger partial charge < -0.3 is 14.1 Å². The summed E-state index contributed by atoms with van der Waals surface area (Å²) in [6, 6.07) is 7.90. The summed E-state index contributed by atoms with van der Waals surface area (Å²) in [6.45, 7) is 4.60. The highest BCUT2D eigenvalue weighted by Crippen LogP contribution is 2.25. The van der Waals surface area contributed by atoms with Gasteiger partial charge >= 0.3 is 0 Å². The molecule has 0 radical (unpaired) electrons. The van der Waals surface area contributed by atoms with E-state index in [4.69, 9.17) is 4.42 Å². The van der Waals surface area contributed by atoms with Crippen LogP contribution in [-0.2, 0) is 0 Å². The van der Waals surface area contributed by atoms with Crippen LogP contribution in [0.1, 0.15) is 40.7 Å². The van der Waals surface area contributed by atoms with E-state index in [9.17, 15) is 4.79 Å². The van der Waals surface area contributed by atoms with Crippen molar-refractivity contribution in [3.05, 3.63) is 59.9 Å². The molecule has 1 aliphatic heterocycles. The molecule has 0 aliphatic carbocycles. The highest BCUT2D eigenvalue weighted by atomic mass is 16.3. The number of furan rings is 1. The van der Waals surface area contributed by atoms with Crippen LogP contribution in [0.25, 0.3) is 5.65 Å². The maximum Gasteiger partial charge on any atom is 0.271 e. The second kappa shape index (κ2) is 6.72. The molecule has 1 saturated heterocycles. The molecule has 4 heterocycles. The first-order chi connectivity index (χ1) is 12.2. The minimum absolute atomic E-state index is 0.0701. The highest BCUT2D eigenvalue weighted by Gasteiger charge is 2.26. The number of nitrogens with one attached hydrogen (secondary N) is 1. The average Bonchev–Trinajstić information content (AvgIpc) is 3.36. The largest absolute Gasteiger partial charge is 0.468 e. The number of amides is 1. The minimum Gasteiger partial charge on any atom is -0.468 e. The third-order valence-electron chi connectivity index (χ3n) is 4.76. The summed E-state index contributed by atoms with van der Waals surface area (Å²) in [5.74, 6) is 0.741. The molecular formula is C19H22N4O2. The Morgan fingerprint density at radius 3 is 2.96 bits per heavy atom. The van der Waals surface area contributed by atoms with Crippen molar-refractivity contribution in [3.8, 4) is 0 Å². The van der Waals surface area contributed by atoms with Crippen LogP contribution in [0.5, 0.6) is 0 Å². The number of carbonyl (C=O) groups is 1. The Morgan fingerprint density at radius 1 is 1.36 bits per heavy atom. The fraction of sp³-hybridized carbons (Fsp3) is 0.368. The molecule has 1 atom stereocenters. The molecule has 25 heavy (non-hydrogen) atoms. The Bertz CT molecular complexity index is 863. The number of nitrogens with zero attached hydrogens (tertiary/aromatic N) is 3. The SMILES string of the molecule is Cc1ccn2cc(C(=O)NC[C@@H](c3ccco3)N3CCCC3)nc2c1. The smallest absolute Gasteiger partial charge is 0.271 e. The number of carbonyl (C=O) groups excluding carboxylic acids is 1. The highest BCUT2D eigenvalue weighted by molar-refractivity contribution is 5.92. The van der Waals surface area contributed by atoms with Crippen molar-refractivity contribution in [2.45, 2.75) is 25.8 Å². The van der Waals surface area contributed by atoms with Gasteiger partial charge in [-0.3, -0.25) is 9.69 Å². The van der Waals surface area contributed by atoms with Gasteiger partial charge in [0.05, 0.1) is 12.3 Å². The van der Waals surface area contributed by atoms with Gasteiger partial charge in [0.1, 0.15) is 17.1 Å². The van der Waals surface area contributed by atoms with Gasteiger partial charge in [-0.05, 0) is 62.7 Å². The normalized spacial score (nSPS) is 16.4. The maximum atomic E-state index is 12.6. The Hall–Kier alpha value is -2.60. The quantitative estimate of drug-likeness (QED) is 0.777. The third kappa shape index (κ3) is 3.30. The lowest BCUT2D eigenvalue weighted by Gasteiger charge is -2.25. The van der Waals surface area contributed by atoms with Crippen molar-refractivity contribution in [1.82, 2.24) is 19.6 Å². The van der Waals surface area contributed by atoms with E-state index < -0.39 is 0 Å². The van der Waals surface area contributed by atoms with E-state index in [-0.39, 0.29) is 11.9 Å². The van der Waals surface area contributed by atoms with Crippen LogP contribution < -0.4 is 5.32 Å². The fourth-order valence-corrected chi connectivity index (χ4v) is 3.42. The topological polar surface area (TPSA) is 62.8 Å². The number of likely N-dealkylation sites (tertiary alicyclic amines) is 1. The summed E-state index contributed by atoms with van der Waals surface area (Å²) in [4.78, 5) is 19.3. The molecule has 1 aliphatic rings. The van der Waals surface area contributed by atoms with Crippen LogP contribution >= 0.6 is 0 Å². The molecule has 6 nitrogen and oxygen atoms in total. The van der Waals surface area contributed by atoms with Gasteiger partial charge in [-0.1, -0.05) is 0 Å². The molecule has 4 rings (SSSR count). The van der Waals surface area contributed by atoms with Crippen LogP contribution in [0.3, 0.4) is 0 Å². The first-order valence-corrected chi connectivity index (χ1v) is 8.72. The van der Waals surface area contributed by atoms with E-state index in [1.165, 1.54) is 12.8 Å². The molecule has 1 fully saturated rings. The van der Waals surface area contributed by atoms with Gasteiger partial charge in [-0.2, -0.15) is 0 Å². The van der Waals surface area contributed by atoms with Crippen LogP contribution in [0.2, 0.25) is 0 Å². The number of rotatable bonds is 5. The van der Waals surface area contributed by atoms with Gasteiger partial charge in [-0.25, -0.2) is 4.98 Å². The van der Waals surface area contributed by atoms with E-state index >= 15 is 0 Å². The lowest BCUT2D eigenvalue weighted by atomic mass is 10.2. The third-order valence-corrected chi connectivity index (χ3v) is 4.76. The molecule has 0 saturated carbocycles. The number of aromatic nitrogens is 2. The number of fused-ring (bicyclic) bond motifs is 1. The van der Waals surface area contributed by atoms with Crippen molar-refractivity contribution >= 4 is 11.6 Å². The molecule has 130 valence electrons. The predicted octanol–water partition coefficient (Wildman–Crippen LogP) is 2.80. The predicted molar refractivity (Wildman–Crippen MR) is 94.5 cm³/mol. The molecule has 0 unspecified atom stereocenters. The minimum atomic E-state index is -0.155. The Morgan fingerprint density at radius 2 is 2.20 bits per heavy atom. The fourth-order valence-electron chi connectivity index (χ4n) is 3.42. The van der Waals surface area contributed by atoms with E-state index in [1.54, 1.807) is 12.5 Å². The second-order valence-electron chi connectivity index (χ2n) is 6.58. The summed E-state index contributed by atoms with van der Waals surface area (Å²) < 4.78 is 7.46. The van der Waals surface area contributed by atoms with Gasteiger partial charge in [-0.15, -0.1) is 0 Å². The zero-order chi connectivity index (χ0) is 17.2. The number of aryl methyl sites for hydroxylation is 1.